The second kappa shape index (κ2) is 10.9. The first-order valence-corrected chi connectivity index (χ1v) is 9.33. The van der Waals surface area contributed by atoms with Gasteiger partial charge in [0.1, 0.15) is 18.9 Å². The van der Waals surface area contributed by atoms with E-state index in [0.29, 0.717) is 19.7 Å². The molecule has 3 amide bonds. The standard InChI is InChI=1S/C22H27N3O3/c1-4-15-28-19-13-11-17(12-14-19)16-25(3)20(18-9-7-6-8-10-18)21(26)24-22(27)23-5-2/h4,6-14,20H,1,5,15-16H2,2-3H3,(H2,23,24,26,27)/p+1/t20-/m1/s1. The van der Waals surface area contributed by atoms with Gasteiger partial charge in [-0.25, -0.2) is 4.79 Å². The van der Waals surface area contributed by atoms with Crippen molar-refractivity contribution in [3.63, 3.8) is 0 Å². The molecule has 28 heavy (non-hydrogen) atoms. The monoisotopic (exact) mass is 382 g/mol. The Balaban J connectivity index is 2.14. The molecular formula is C22H28N3O3+. The van der Waals surface area contributed by atoms with Gasteiger partial charge in [-0.05, 0) is 31.2 Å². The van der Waals surface area contributed by atoms with Crippen LogP contribution in [-0.4, -0.2) is 32.1 Å². The van der Waals surface area contributed by atoms with Gasteiger partial charge in [0, 0.05) is 17.7 Å². The molecule has 6 nitrogen and oxygen atoms in total. The number of carbonyl (C=O) groups is 2. The molecular weight excluding hydrogens is 354 g/mol. The molecule has 2 atom stereocenters. The number of ether oxygens (including phenoxy) is 1. The minimum atomic E-state index is -0.513. The van der Waals surface area contributed by atoms with Crippen LogP contribution in [0.3, 0.4) is 0 Å². The first-order valence-electron chi connectivity index (χ1n) is 9.33. The van der Waals surface area contributed by atoms with Gasteiger partial charge in [0.05, 0.1) is 7.05 Å². The van der Waals surface area contributed by atoms with Crippen LogP contribution in [0.1, 0.15) is 24.1 Å². The molecule has 0 bridgehead atoms. The Labute approximate surface area is 166 Å². The largest absolute Gasteiger partial charge is 0.490 e. The molecule has 0 saturated carbocycles. The van der Waals surface area contributed by atoms with E-state index >= 15 is 0 Å². The number of imide groups is 1. The topological polar surface area (TPSA) is 71.9 Å². The van der Waals surface area contributed by atoms with E-state index in [2.05, 4.69) is 17.2 Å². The van der Waals surface area contributed by atoms with Crippen molar-refractivity contribution in [1.29, 1.82) is 0 Å². The van der Waals surface area contributed by atoms with Crippen LogP contribution >= 0.6 is 0 Å². The summed E-state index contributed by atoms with van der Waals surface area (Å²) in [6, 6.07) is 16.2. The summed E-state index contributed by atoms with van der Waals surface area (Å²) in [4.78, 5) is 25.6. The van der Waals surface area contributed by atoms with Crippen LogP contribution < -0.4 is 20.3 Å². The SMILES string of the molecule is C=CCOc1ccc(C[NH+](C)[C@@H](C(=O)NC(=O)NCC)c2ccccc2)cc1. The third-order valence-corrected chi connectivity index (χ3v) is 4.24. The van der Waals surface area contributed by atoms with Crippen molar-refractivity contribution < 1.29 is 19.2 Å². The third-order valence-electron chi connectivity index (χ3n) is 4.24. The molecule has 0 saturated heterocycles. The number of likely N-dealkylation sites (N-methyl/N-ethyl adjacent to an activating group) is 1. The van der Waals surface area contributed by atoms with Crippen LogP contribution in [0.2, 0.25) is 0 Å². The zero-order valence-electron chi connectivity index (χ0n) is 16.4. The number of carbonyl (C=O) groups excluding carboxylic acids is 2. The second-order valence-electron chi connectivity index (χ2n) is 6.46. The third kappa shape index (κ3) is 6.25. The first kappa shape index (κ1) is 21.2. The lowest BCUT2D eigenvalue weighted by molar-refractivity contribution is -0.916. The fourth-order valence-electron chi connectivity index (χ4n) is 2.98. The minimum Gasteiger partial charge on any atom is -0.490 e. The fourth-order valence-corrected chi connectivity index (χ4v) is 2.98. The van der Waals surface area contributed by atoms with Gasteiger partial charge in [0.25, 0.3) is 5.91 Å². The molecule has 0 aromatic heterocycles. The summed E-state index contributed by atoms with van der Waals surface area (Å²) >= 11 is 0. The van der Waals surface area contributed by atoms with E-state index in [-0.39, 0.29) is 5.91 Å². The number of amides is 3. The second-order valence-corrected chi connectivity index (χ2v) is 6.46. The summed E-state index contributed by atoms with van der Waals surface area (Å²) in [6.45, 7) is 6.97. The highest BCUT2D eigenvalue weighted by molar-refractivity contribution is 5.96. The highest BCUT2D eigenvalue weighted by Gasteiger charge is 2.30. The van der Waals surface area contributed by atoms with Crippen LogP contribution in [-0.2, 0) is 11.3 Å². The predicted octanol–water partition coefficient (Wildman–Crippen LogP) is 1.85. The van der Waals surface area contributed by atoms with Gasteiger partial charge < -0.3 is 15.0 Å². The Morgan fingerprint density at radius 2 is 1.82 bits per heavy atom. The number of hydrogen-bond acceptors (Lipinski definition) is 3. The molecule has 3 N–H and O–H groups in total. The van der Waals surface area contributed by atoms with Crippen molar-refractivity contribution in [3.05, 3.63) is 78.4 Å². The number of hydrogen-bond donors (Lipinski definition) is 3. The number of nitrogens with one attached hydrogen (secondary N) is 3. The maximum Gasteiger partial charge on any atom is 0.321 e. The van der Waals surface area contributed by atoms with Crippen molar-refractivity contribution in [2.24, 2.45) is 0 Å². The van der Waals surface area contributed by atoms with Crippen LogP contribution in [0.4, 0.5) is 4.79 Å². The van der Waals surface area contributed by atoms with Crippen LogP contribution in [0.5, 0.6) is 5.75 Å². The maximum atomic E-state index is 12.8. The normalized spacial score (nSPS) is 12.5. The van der Waals surface area contributed by atoms with E-state index in [1.54, 1.807) is 13.0 Å². The van der Waals surface area contributed by atoms with Crippen LogP contribution in [0.15, 0.2) is 67.3 Å². The zero-order chi connectivity index (χ0) is 20.4. The fraction of sp³-hybridized carbons (Fsp3) is 0.273. The average molecular weight is 382 g/mol. The van der Waals surface area contributed by atoms with Gasteiger partial charge in [-0.2, -0.15) is 0 Å². The molecule has 0 aliphatic carbocycles. The smallest absolute Gasteiger partial charge is 0.321 e. The number of rotatable bonds is 9. The summed E-state index contributed by atoms with van der Waals surface area (Å²) < 4.78 is 5.50. The molecule has 2 aromatic rings. The predicted molar refractivity (Wildman–Crippen MR) is 109 cm³/mol. The van der Waals surface area contributed by atoms with Gasteiger partial charge >= 0.3 is 6.03 Å². The van der Waals surface area contributed by atoms with E-state index in [1.807, 2.05) is 61.6 Å². The van der Waals surface area contributed by atoms with Gasteiger partial charge in [-0.3, -0.25) is 10.1 Å². The van der Waals surface area contributed by atoms with E-state index in [0.717, 1.165) is 21.8 Å². The molecule has 0 spiro atoms. The Morgan fingerprint density at radius 3 is 2.43 bits per heavy atom. The van der Waals surface area contributed by atoms with Crippen LogP contribution in [0.25, 0.3) is 0 Å². The number of benzene rings is 2. The summed E-state index contributed by atoms with van der Waals surface area (Å²) in [7, 11) is 1.94. The molecule has 0 aliphatic heterocycles. The minimum absolute atomic E-state index is 0.333. The molecule has 0 heterocycles. The Bertz CT molecular complexity index is 775. The molecule has 148 valence electrons. The lowest BCUT2D eigenvalue weighted by Gasteiger charge is -2.24. The summed E-state index contributed by atoms with van der Waals surface area (Å²) in [5, 5.41) is 5.03. The summed E-state index contributed by atoms with van der Waals surface area (Å²) in [6.07, 6.45) is 1.70. The van der Waals surface area contributed by atoms with E-state index in [9.17, 15) is 9.59 Å². The van der Waals surface area contributed by atoms with Crippen molar-refractivity contribution in [2.75, 3.05) is 20.2 Å². The molecule has 1 unspecified atom stereocenters. The summed E-state index contributed by atoms with van der Waals surface area (Å²) in [5.41, 5.74) is 1.92. The number of quaternary nitrogens is 1. The number of urea groups is 1. The van der Waals surface area contributed by atoms with E-state index in [4.69, 9.17) is 4.74 Å². The highest BCUT2D eigenvalue weighted by atomic mass is 16.5. The first-order chi connectivity index (χ1) is 13.5. The van der Waals surface area contributed by atoms with Gasteiger partial charge in [-0.15, -0.1) is 0 Å². The molecule has 2 aromatic carbocycles. The van der Waals surface area contributed by atoms with Gasteiger partial charge in [0.15, 0.2) is 6.04 Å². The molecule has 6 heteroatoms. The Morgan fingerprint density at radius 1 is 1.14 bits per heavy atom. The van der Waals surface area contributed by atoms with Crippen molar-refractivity contribution in [1.82, 2.24) is 10.6 Å². The van der Waals surface area contributed by atoms with Gasteiger partial charge in [-0.1, -0.05) is 43.0 Å². The summed E-state index contributed by atoms with van der Waals surface area (Å²) in [5.74, 6) is 0.440. The maximum absolute atomic E-state index is 12.8. The highest BCUT2D eigenvalue weighted by Crippen LogP contribution is 2.13. The van der Waals surface area contributed by atoms with Crippen molar-refractivity contribution >= 4 is 11.9 Å². The molecule has 0 aliphatic rings. The van der Waals surface area contributed by atoms with Crippen LogP contribution in [0, 0.1) is 0 Å². The zero-order valence-corrected chi connectivity index (χ0v) is 16.4. The molecule has 0 fully saturated rings. The van der Waals surface area contributed by atoms with E-state index < -0.39 is 12.1 Å². The van der Waals surface area contributed by atoms with Crippen molar-refractivity contribution in [2.45, 2.75) is 19.5 Å². The Hall–Kier alpha value is -3.12. The average Bonchev–Trinajstić information content (AvgIpc) is 2.68. The molecule has 2 rings (SSSR count). The lowest BCUT2D eigenvalue weighted by atomic mass is 10.0. The quantitative estimate of drug-likeness (QED) is 0.580. The van der Waals surface area contributed by atoms with E-state index in [1.165, 1.54) is 0 Å². The Kier molecular flexibility index (Phi) is 8.24. The van der Waals surface area contributed by atoms with Crippen molar-refractivity contribution in [3.8, 4) is 5.75 Å². The lowest BCUT2D eigenvalue weighted by Crippen LogP contribution is -3.09. The van der Waals surface area contributed by atoms with Gasteiger partial charge in [0.2, 0.25) is 0 Å². The molecule has 0 radical (unpaired) electrons.